The van der Waals surface area contributed by atoms with Crippen molar-refractivity contribution in [3.05, 3.63) is 65.9 Å². The van der Waals surface area contributed by atoms with Crippen molar-refractivity contribution in [1.82, 2.24) is 9.88 Å². The number of benzene rings is 2. The summed E-state index contributed by atoms with van der Waals surface area (Å²) in [5.41, 5.74) is 8.23. The SMILES string of the molecule is Nc1cc(OCCCN2C(=O)c3ccccc3C2=O)cc2cccnc12. The molecule has 1 aromatic heterocycles. The molecule has 0 aliphatic carbocycles. The van der Waals surface area contributed by atoms with E-state index in [2.05, 4.69) is 4.98 Å². The number of rotatable bonds is 5. The van der Waals surface area contributed by atoms with Gasteiger partial charge in [-0.1, -0.05) is 18.2 Å². The molecule has 2 amide bonds. The van der Waals surface area contributed by atoms with Gasteiger partial charge >= 0.3 is 0 Å². The Kier molecular flexibility index (Phi) is 4.01. The lowest BCUT2D eigenvalue weighted by Crippen LogP contribution is -2.31. The first-order valence-electron chi connectivity index (χ1n) is 8.37. The summed E-state index contributed by atoms with van der Waals surface area (Å²) in [7, 11) is 0. The van der Waals surface area contributed by atoms with Crippen LogP contribution < -0.4 is 10.5 Å². The summed E-state index contributed by atoms with van der Waals surface area (Å²) in [4.78, 5) is 30.1. The monoisotopic (exact) mass is 347 g/mol. The molecular formula is C20H17N3O3. The Hall–Kier alpha value is -3.41. The van der Waals surface area contributed by atoms with Crippen molar-refractivity contribution in [2.75, 3.05) is 18.9 Å². The van der Waals surface area contributed by atoms with Gasteiger partial charge in [0.2, 0.25) is 0 Å². The lowest BCUT2D eigenvalue weighted by atomic mass is 10.1. The summed E-state index contributed by atoms with van der Waals surface area (Å²) >= 11 is 0. The molecule has 6 heteroatoms. The number of nitrogens with two attached hydrogens (primary N) is 1. The van der Waals surface area contributed by atoms with Gasteiger partial charge in [0.1, 0.15) is 5.75 Å². The van der Waals surface area contributed by atoms with Crippen molar-refractivity contribution in [1.29, 1.82) is 0 Å². The minimum atomic E-state index is -0.244. The van der Waals surface area contributed by atoms with Crippen molar-refractivity contribution in [2.24, 2.45) is 0 Å². The number of carbonyl (C=O) groups excluding carboxylic acids is 2. The average molecular weight is 347 g/mol. The Bertz CT molecular complexity index is 981. The van der Waals surface area contributed by atoms with Crippen LogP contribution in [-0.2, 0) is 0 Å². The molecule has 1 aliphatic heterocycles. The second-order valence-electron chi connectivity index (χ2n) is 6.10. The number of hydrogen-bond donors (Lipinski definition) is 1. The topological polar surface area (TPSA) is 85.5 Å². The molecule has 0 fully saturated rings. The molecule has 3 aromatic rings. The molecule has 0 saturated carbocycles. The first-order valence-corrected chi connectivity index (χ1v) is 8.37. The third-order valence-corrected chi connectivity index (χ3v) is 4.38. The fourth-order valence-electron chi connectivity index (χ4n) is 3.13. The maximum absolute atomic E-state index is 12.3. The molecule has 0 spiro atoms. The summed E-state index contributed by atoms with van der Waals surface area (Å²) in [6, 6.07) is 14.2. The minimum absolute atomic E-state index is 0.244. The summed E-state index contributed by atoms with van der Waals surface area (Å²) in [5.74, 6) is 0.156. The van der Waals surface area contributed by atoms with Crippen LogP contribution in [0.25, 0.3) is 10.9 Å². The standard InChI is InChI=1S/C20H17N3O3/c21-17-12-14(11-13-5-3-8-22-18(13)17)26-10-4-9-23-19(24)15-6-1-2-7-16(15)20(23)25/h1-3,5-8,11-12H,4,9-10,21H2. The number of nitrogen functional groups attached to an aromatic ring is 1. The lowest BCUT2D eigenvalue weighted by molar-refractivity contribution is 0.0647. The summed E-state index contributed by atoms with van der Waals surface area (Å²) < 4.78 is 5.75. The Morgan fingerprint density at radius 3 is 2.46 bits per heavy atom. The van der Waals surface area contributed by atoms with Crippen LogP contribution in [0.15, 0.2) is 54.7 Å². The van der Waals surface area contributed by atoms with E-state index < -0.39 is 0 Å². The Morgan fingerprint density at radius 1 is 1.00 bits per heavy atom. The van der Waals surface area contributed by atoms with Crippen molar-refractivity contribution in [2.45, 2.75) is 6.42 Å². The van der Waals surface area contributed by atoms with Crippen LogP contribution in [0.4, 0.5) is 5.69 Å². The molecule has 4 rings (SSSR count). The van der Waals surface area contributed by atoms with E-state index in [1.165, 1.54) is 4.90 Å². The second-order valence-corrected chi connectivity index (χ2v) is 6.10. The number of carbonyl (C=O) groups is 2. The molecule has 2 heterocycles. The number of fused-ring (bicyclic) bond motifs is 2. The van der Waals surface area contributed by atoms with E-state index in [0.717, 1.165) is 10.9 Å². The van der Waals surface area contributed by atoms with Crippen LogP contribution in [-0.4, -0.2) is 34.8 Å². The normalized spacial score (nSPS) is 13.3. The van der Waals surface area contributed by atoms with Crippen molar-refractivity contribution < 1.29 is 14.3 Å². The van der Waals surface area contributed by atoms with Gasteiger partial charge in [-0.15, -0.1) is 0 Å². The van der Waals surface area contributed by atoms with Crippen molar-refractivity contribution in [3.63, 3.8) is 0 Å². The van der Waals surface area contributed by atoms with Gasteiger partial charge in [0.05, 0.1) is 28.9 Å². The maximum Gasteiger partial charge on any atom is 0.261 e. The zero-order valence-electron chi connectivity index (χ0n) is 14.0. The van der Waals surface area contributed by atoms with E-state index in [-0.39, 0.29) is 11.8 Å². The van der Waals surface area contributed by atoms with E-state index in [1.807, 2.05) is 18.2 Å². The van der Waals surface area contributed by atoms with E-state index in [9.17, 15) is 9.59 Å². The molecule has 26 heavy (non-hydrogen) atoms. The zero-order valence-corrected chi connectivity index (χ0v) is 14.0. The van der Waals surface area contributed by atoms with Crippen LogP contribution in [0.5, 0.6) is 5.75 Å². The predicted octanol–water partition coefficient (Wildman–Crippen LogP) is 2.88. The Morgan fingerprint density at radius 2 is 1.73 bits per heavy atom. The van der Waals surface area contributed by atoms with Gasteiger partial charge in [0, 0.05) is 24.2 Å². The molecule has 0 atom stereocenters. The highest BCUT2D eigenvalue weighted by Gasteiger charge is 2.34. The van der Waals surface area contributed by atoms with E-state index >= 15 is 0 Å². The van der Waals surface area contributed by atoms with E-state index in [4.69, 9.17) is 10.5 Å². The Labute approximate surface area is 150 Å². The highest BCUT2D eigenvalue weighted by molar-refractivity contribution is 6.21. The highest BCUT2D eigenvalue weighted by atomic mass is 16.5. The smallest absolute Gasteiger partial charge is 0.261 e. The van der Waals surface area contributed by atoms with Gasteiger partial charge in [-0.3, -0.25) is 19.5 Å². The first-order chi connectivity index (χ1) is 12.6. The maximum atomic E-state index is 12.3. The summed E-state index contributed by atoms with van der Waals surface area (Å²) in [6.07, 6.45) is 2.23. The van der Waals surface area contributed by atoms with Gasteiger partial charge in [-0.25, -0.2) is 0 Å². The van der Waals surface area contributed by atoms with Gasteiger partial charge < -0.3 is 10.5 Å². The minimum Gasteiger partial charge on any atom is -0.493 e. The summed E-state index contributed by atoms with van der Waals surface area (Å²) in [6.45, 7) is 0.690. The molecule has 6 nitrogen and oxygen atoms in total. The second kappa shape index (κ2) is 6.48. The van der Waals surface area contributed by atoms with Crippen LogP contribution in [0.2, 0.25) is 0 Å². The number of hydrogen-bond acceptors (Lipinski definition) is 5. The number of pyridine rings is 1. The van der Waals surface area contributed by atoms with Gasteiger partial charge in [0.25, 0.3) is 11.8 Å². The zero-order chi connectivity index (χ0) is 18.1. The number of amides is 2. The molecule has 0 unspecified atom stereocenters. The fourth-order valence-corrected chi connectivity index (χ4v) is 3.13. The molecule has 0 radical (unpaired) electrons. The molecule has 1 aliphatic rings. The van der Waals surface area contributed by atoms with Crippen molar-refractivity contribution >= 4 is 28.4 Å². The van der Waals surface area contributed by atoms with Crippen LogP contribution in [0, 0.1) is 0 Å². The van der Waals surface area contributed by atoms with Gasteiger partial charge in [-0.05, 0) is 30.7 Å². The summed E-state index contributed by atoms with van der Waals surface area (Å²) in [5, 5.41) is 0.905. The molecule has 0 saturated heterocycles. The molecule has 0 bridgehead atoms. The molecule has 2 aromatic carbocycles. The molecule has 130 valence electrons. The van der Waals surface area contributed by atoms with Crippen LogP contribution in [0.3, 0.4) is 0 Å². The third-order valence-electron chi connectivity index (χ3n) is 4.38. The van der Waals surface area contributed by atoms with Gasteiger partial charge in [0.15, 0.2) is 0 Å². The Balaban J connectivity index is 1.38. The number of imide groups is 1. The fraction of sp³-hybridized carbons (Fsp3) is 0.150. The number of ether oxygens (including phenoxy) is 1. The van der Waals surface area contributed by atoms with Crippen LogP contribution in [0.1, 0.15) is 27.1 Å². The average Bonchev–Trinajstić information content (AvgIpc) is 2.90. The van der Waals surface area contributed by atoms with Crippen LogP contribution >= 0.6 is 0 Å². The predicted molar refractivity (Wildman–Crippen MR) is 98.1 cm³/mol. The third kappa shape index (κ3) is 2.75. The van der Waals surface area contributed by atoms with Crippen molar-refractivity contribution in [3.8, 4) is 5.75 Å². The first kappa shape index (κ1) is 16.1. The number of nitrogens with zero attached hydrogens (tertiary/aromatic N) is 2. The molecule has 2 N–H and O–H groups in total. The quantitative estimate of drug-likeness (QED) is 0.436. The molecular weight excluding hydrogens is 330 g/mol. The number of anilines is 1. The largest absolute Gasteiger partial charge is 0.493 e. The lowest BCUT2D eigenvalue weighted by Gasteiger charge is -2.14. The number of aromatic nitrogens is 1. The highest BCUT2D eigenvalue weighted by Crippen LogP contribution is 2.26. The van der Waals surface area contributed by atoms with Gasteiger partial charge in [-0.2, -0.15) is 0 Å². The van der Waals surface area contributed by atoms with E-state index in [1.54, 1.807) is 36.5 Å². The van der Waals surface area contributed by atoms with E-state index in [0.29, 0.717) is 42.1 Å².